The topological polar surface area (TPSA) is 157 Å². The van der Waals surface area contributed by atoms with Crippen molar-refractivity contribution in [3.8, 4) is 11.5 Å². The molecule has 9 nitrogen and oxygen atoms in total. The first-order valence-electron chi connectivity index (χ1n) is 11.3. The average molecular weight is 477 g/mol. The monoisotopic (exact) mass is 476 g/mol. The predicted octanol–water partition coefficient (Wildman–Crippen LogP) is 0.807. The Morgan fingerprint density at radius 2 is 1.41 bits per heavy atom. The number of benzene rings is 2. The van der Waals surface area contributed by atoms with E-state index in [1.807, 2.05) is 0 Å². The second kappa shape index (κ2) is 12.3. The van der Waals surface area contributed by atoms with Crippen LogP contribution in [0.2, 0.25) is 0 Å². The molecule has 3 rings (SSSR count). The summed E-state index contributed by atoms with van der Waals surface area (Å²) in [7, 11) is 0. The van der Waals surface area contributed by atoms with E-state index in [4.69, 9.17) is 9.47 Å². The maximum atomic E-state index is 12.7. The van der Waals surface area contributed by atoms with Crippen molar-refractivity contribution in [2.75, 3.05) is 6.61 Å². The minimum absolute atomic E-state index is 0.0329. The van der Waals surface area contributed by atoms with Crippen LogP contribution >= 0.6 is 0 Å². The molecule has 6 atom stereocenters. The maximum absolute atomic E-state index is 12.7. The molecule has 0 saturated carbocycles. The summed E-state index contributed by atoms with van der Waals surface area (Å²) in [6.07, 6.45) is -6.03. The number of ether oxygens (including phenoxy) is 2. The first-order chi connectivity index (χ1) is 16.3. The second-order valence-electron chi connectivity index (χ2n) is 8.57. The number of ketones is 1. The molecule has 1 heterocycles. The quantitative estimate of drug-likeness (QED) is 0.276. The van der Waals surface area contributed by atoms with Crippen LogP contribution in [0.4, 0.5) is 0 Å². The number of aromatic hydroxyl groups is 2. The summed E-state index contributed by atoms with van der Waals surface area (Å²) in [5.74, 6) is 0.216. The molecule has 1 aliphatic heterocycles. The number of aliphatic hydroxyl groups excluding tert-OH is 4. The van der Waals surface area contributed by atoms with Gasteiger partial charge < -0.3 is 40.1 Å². The van der Waals surface area contributed by atoms with Gasteiger partial charge in [0.2, 0.25) is 0 Å². The van der Waals surface area contributed by atoms with Gasteiger partial charge in [0.25, 0.3) is 0 Å². The normalized spacial score (nSPS) is 25.7. The van der Waals surface area contributed by atoms with Gasteiger partial charge in [0, 0.05) is 12.8 Å². The molecule has 0 amide bonds. The molecule has 0 bridgehead atoms. The Labute approximate surface area is 197 Å². The highest BCUT2D eigenvalue weighted by atomic mass is 16.7. The number of hydrogen-bond donors (Lipinski definition) is 6. The zero-order chi connectivity index (χ0) is 24.7. The summed E-state index contributed by atoms with van der Waals surface area (Å²) in [4.78, 5) is 12.7. The summed E-state index contributed by atoms with van der Waals surface area (Å²) in [5.41, 5.74) is 1.82. The SMILES string of the molecule is O=C(CCc1ccc(O)cc1)CC(CCc1ccc(O)cc1)O[C@H]1O[C@@H](CO)[C@H](O)[C@@H](O)[C@@H]1O. The molecule has 2 aromatic rings. The van der Waals surface area contributed by atoms with Gasteiger partial charge in [0.15, 0.2) is 6.29 Å². The van der Waals surface area contributed by atoms with E-state index < -0.39 is 43.4 Å². The lowest BCUT2D eigenvalue weighted by Gasteiger charge is -2.40. The number of phenols is 2. The van der Waals surface area contributed by atoms with Gasteiger partial charge in [-0.15, -0.1) is 0 Å². The number of aliphatic hydroxyl groups is 4. The molecule has 34 heavy (non-hydrogen) atoms. The molecule has 0 spiro atoms. The largest absolute Gasteiger partial charge is 0.508 e. The van der Waals surface area contributed by atoms with Crippen LogP contribution in [0.1, 0.15) is 30.4 Å². The van der Waals surface area contributed by atoms with Crippen molar-refractivity contribution in [2.24, 2.45) is 0 Å². The Balaban J connectivity index is 1.64. The van der Waals surface area contributed by atoms with E-state index in [0.717, 1.165) is 11.1 Å². The molecular formula is C25H32O9. The van der Waals surface area contributed by atoms with Gasteiger partial charge >= 0.3 is 0 Å². The van der Waals surface area contributed by atoms with Crippen LogP contribution in [0.5, 0.6) is 11.5 Å². The minimum Gasteiger partial charge on any atom is -0.508 e. The van der Waals surface area contributed by atoms with Crippen molar-refractivity contribution in [1.29, 1.82) is 0 Å². The molecule has 186 valence electrons. The molecule has 1 saturated heterocycles. The zero-order valence-corrected chi connectivity index (χ0v) is 18.7. The van der Waals surface area contributed by atoms with E-state index in [2.05, 4.69) is 0 Å². The summed E-state index contributed by atoms with van der Waals surface area (Å²) in [6, 6.07) is 13.2. The van der Waals surface area contributed by atoms with Crippen LogP contribution in [0, 0.1) is 0 Å². The third-order valence-corrected chi connectivity index (χ3v) is 5.95. The van der Waals surface area contributed by atoms with E-state index in [-0.39, 0.29) is 30.1 Å². The Kier molecular flexibility index (Phi) is 9.40. The molecule has 2 aromatic carbocycles. The molecule has 1 fully saturated rings. The van der Waals surface area contributed by atoms with E-state index in [1.165, 1.54) is 0 Å². The Morgan fingerprint density at radius 3 is 1.97 bits per heavy atom. The summed E-state index contributed by atoms with van der Waals surface area (Å²) < 4.78 is 11.3. The van der Waals surface area contributed by atoms with Crippen molar-refractivity contribution in [3.05, 3.63) is 59.7 Å². The van der Waals surface area contributed by atoms with Gasteiger partial charge in [-0.2, -0.15) is 0 Å². The Bertz CT molecular complexity index is 898. The lowest BCUT2D eigenvalue weighted by Crippen LogP contribution is -2.59. The van der Waals surface area contributed by atoms with E-state index in [1.54, 1.807) is 48.5 Å². The number of rotatable bonds is 11. The molecule has 0 aliphatic carbocycles. The van der Waals surface area contributed by atoms with E-state index in [9.17, 15) is 35.4 Å². The second-order valence-corrected chi connectivity index (χ2v) is 8.57. The molecule has 9 heteroatoms. The van der Waals surface area contributed by atoms with Crippen molar-refractivity contribution in [1.82, 2.24) is 0 Å². The van der Waals surface area contributed by atoms with Crippen LogP contribution < -0.4 is 0 Å². The summed E-state index contributed by atoms with van der Waals surface area (Å²) in [6.45, 7) is -0.575. The highest BCUT2D eigenvalue weighted by Gasteiger charge is 2.44. The fourth-order valence-electron chi connectivity index (χ4n) is 3.88. The average Bonchev–Trinajstić information content (AvgIpc) is 2.83. The molecule has 1 aliphatic rings. The smallest absolute Gasteiger partial charge is 0.186 e. The summed E-state index contributed by atoms with van der Waals surface area (Å²) in [5, 5.41) is 58.6. The summed E-state index contributed by atoms with van der Waals surface area (Å²) >= 11 is 0. The number of hydrogen-bond acceptors (Lipinski definition) is 9. The molecular weight excluding hydrogens is 444 g/mol. The number of aryl methyl sites for hydroxylation is 2. The fraction of sp³-hybridized carbons (Fsp3) is 0.480. The van der Waals surface area contributed by atoms with Gasteiger partial charge in [-0.3, -0.25) is 4.79 Å². The van der Waals surface area contributed by atoms with Crippen molar-refractivity contribution in [2.45, 2.75) is 68.9 Å². The van der Waals surface area contributed by atoms with Crippen LogP contribution in [-0.2, 0) is 27.1 Å². The third kappa shape index (κ3) is 7.23. The van der Waals surface area contributed by atoms with Crippen LogP contribution in [-0.4, -0.2) is 79.8 Å². The Morgan fingerprint density at radius 1 is 0.853 bits per heavy atom. The zero-order valence-electron chi connectivity index (χ0n) is 18.7. The number of carbonyl (C=O) groups is 1. The number of Topliss-reactive ketones (excluding diaryl/α,β-unsaturated/α-hetero) is 1. The molecule has 0 aromatic heterocycles. The van der Waals surface area contributed by atoms with Crippen LogP contribution in [0.15, 0.2) is 48.5 Å². The van der Waals surface area contributed by atoms with Gasteiger partial charge in [0.05, 0.1) is 12.7 Å². The highest BCUT2D eigenvalue weighted by Crippen LogP contribution is 2.25. The molecule has 6 N–H and O–H groups in total. The van der Waals surface area contributed by atoms with Crippen molar-refractivity contribution < 1.29 is 44.9 Å². The van der Waals surface area contributed by atoms with Crippen LogP contribution in [0.3, 0.4) is 0 Å². The third-order valence-electron chi connectivity index (χ3n) is 5.95. The highest BCUT2D eigenvalue weighted by molar-refractivity contribution is 5.79. The lowest BCUT2D eigenvalue weighted by atomic mass is 9.98. The number of phenolic OH excluding ortho intramolecular Hbond substituents is 2. The minimum atomic E-state index is -1.57. The van der Waals surface area contributed by atoms with Crippen molar-refractivity contribution in [3.63, 3.8) is 0 Å². The predicted molar refractivity (Wildman–Crippen MR) is 121 cm³/mol. The van der Waals surface area contributed by atoms with Gasteiger partial charge in [-0.05, 0) is 54.7 Å². The van der Waals surface area contributed by atoms with E-state index >= 15 is 0 Å². The maximum Gasteiger partial charge on any atom is 0.186 e. The van der Waals surface area contributed by atoms with Gasteiger partial charge in [-0.1, -0.05) is 24.3 Å². The first-order valence-corrected chi connectivity index (χ1v) is 11.3. The standard InChI is InChI=1S/C25H32O9/c26-14-21-22(30)23(31)24(32)25(34-21)33-20(12-6-16-3-9-18(28)10-4-16)13-19(29)11-5-15-1-7-17(27)8-2-15/h1-4,7-10,20-28,30-32H,5-6,11-14H2/t20?,21-,22-,23+,24-,25-/m0/s1. The van der Waals surface area contributed by atoms with Crippen LogP contribution in [0.25, 0.3) is 0 Å². The number of carbonyl (C=O) groups excluding carboxylic acids is 1. The van der Waals surface area contributed by atoms with Gasteiger partial charge in [-0.25, -0.2) is 0 Å². The fourth-order valence-corrected chi connectivity index (χ4v) is 3.88. The Hall–Kier alpha value is -2.53. The molecule has 1 unspecified atom stereocenters. The first kappa shape index (κ1) is 26.1. The lowest BCUT2D eigenvalue weighted by molar-refractivity contribution is -0.311. The van der Waals surface area contributed by atoms with Gasteiger partial charge in [0.1, 0.15) is 41.7 Å². The van der Waals surface area contributed by atoms with E-state index in [0.29, 0.717) is 19.3 Å². The molecule has 0 radical (unpaired) electrons. The van der Waals surface area contributed by atoms with Crippen molar-refractivity contribution >= 4 is 5.78 Å².